The first-order valence-corrected chi connectivity index (χ1v) is 7.42. The molecule has 1 aromatic heterocycles. The fourth-order valence-corrected chi connectivity index (χ4v) is 2.33. The number of benzene rings is 1. The smallest absolute Gasteiger partial charge is 0.258 e. The molecule has 1 fully saturated rings. The van der Waals surface area contributed by atoms with Gasteiger partial charge in [0.25, 0.3) is 5.89 Å². The van der Waals surface area contributed by atoms with Crippen LogP contribution in [0.2, 0.25) is 0 Å². The molecule has 2 N–H and O–H groups in total. The number of ether oxygens (including phenoxy) is 1. The van der Waals surface area contributed by atoms with E-state index in [0.717, 1.165) is 24.0 Å². The number of nitrogens with zero attached hydrogens (tertiary/aromatic N) is 2. The van der Waals surface area contributed by atoms with Crippen LogP contribution in [0.5, 0.6) is 0 Å². The number of hydrogen-bond acceptors (Lipinski definition) is 5. The number of aromatic nitrogens is 2. The van der Waals surface area contributed by atoms with Gasteiger partial charge in [-0.1, -0.05) is 17.3 Å². The molecule has 0 saturated heterocycles. The lowest BCUT2D eigenvalue weighted by molar-refractivity contribution is -0.00549. The third-order valence-corrected chi connectivity index (χ3v) is 4.17. The molecule has 1 unspecified atom stereocenters. The van der Waals surface area contributed by atoms with E-state index in [4.69, 9.17) is 15.0 Å². The Labute approximate surface area is 124 Å². The molecule has 0 spiro atoms. The van der Waals surface area contributed by atoms with Crippen LogP contribution in [0.1, 0.15) is 42.3 Å². The molecule has 3 rings (SSSR count). The predicted octanol–water partition coefficient (Wildman–Crippen LogP) is 2.92. The lowest BCUT2D eigenvalue weighted by Crippen LogP contribution is -2.27. The molecule has 5 heteroatoms. The molecule has 1 atom stereocenters. The second-order valence-electron chi connectivity index (χ2n) is 5.70. The first kappa shape index (κ1) is 14.2. The Morgan fingerprint density at radius 1 is 1.38 bits per heavy atom. The van der Waals surface area contributed by atoms with Gasteiger partial charge in [-0.15, -0.1) is 0 Å². The maximum Gasteiger partial charge on any atom is 0.258 e. The van der Waals surface area contributed by atoms with Crippen molar-refractivity contribution >= 4 is 0 Å². The molecule has 2 aromatic rings. The average molecular weight is 287 g/mol. The average Bonchev–Trinajstić information content (AvgIpc) is 2.89. The van der Waals surface area contributed by atoms with Gasteiger partial charge in [0.15, 0.2) is 5.82 Å². The number of nitrogens with two attached hydrogens (primary N) is 1. The Balaban J connectivity index is 1.71. The van der Waals surface area contributed by atoms with Crippen molar-refractivity contribution in [1.82, 2.24) is 10.1 Å². The summed E-state index contributed by atoms with van der Waals surface area (Å²) in [6.07, 6.45) is 3.87. The molecule has 1 heterocycles. The Bertz CT molecular complexity index is 620. The normalized spacial score (nSPS) is 16.7. The summed E-state index contributed by atoms with van der Waals surface area (Å²) in [5.74, 6) is 1.02. The molecule has 0 bridgehead atoms. The van der Waals surface area contributed by atoms with Crippen molar-refractivity contribution in [3.8, 4) is 11.5 Å². The Morgan fingerprint density at radius 3 is 2.90 bits per heavy atom. The van der Waals surface area contributed by atoms with Gasteiger partial charge in [0, 0.05) is 5.56 Å². The van der Waals surface area contributed by atoms with Gasteiger partial charge in [-0.3, -0.25) is 0 Å². The maximum atomic E-state index is 6.07. The minimum Gasteiger partial charge on any atom is -0.376 e. The fourth-order valence-electron chi connectivity index (χ4n) is 2.33. The van der Waals surface area contributed by atoms with Crippen molar-refractivity contribution in [1.29, 1.82) is 0 Å². The standard InChI is InChI=1S/C16H21N3O2/c1-10-5-3-8-13(11(10)2)16-18-15(19-21-16)14(17)9-20-12-6-4-7-12/h3,5,8,12,14H,4,6-7,9,17H2,1-2H3. The lowest BCUT2D eigenvalue weighted by Gasteiger charge is -2.26. The van der Waals surface area contributed by atoms with E-state index in [1.807, 2.05) is 19.1 Å². The van der Waals surface area contributed by atoms with E-state index in [9.17, 15) is 0 Å². The summed E-state index contributed by atoms with van der Waals surface area (Å²) >= 11 is 0. The van der Waals surface area contributed by atoms with Crippen molar-refractivity contribution in [2.45, 2.75) is 45.3 Å². The highest BCUT2D eigenvalue weighted by molar-refractivity contribution is 5.60. The fraction of sp³-hybridized carbons (Fsp3) is 0.500. The van der Waals surface area contributed by atoms with Crippen LogP contribution in [0.15, 0.2) is 22.7 Å². The van der Waals surface area contributed by atoms with Gasteiger partial charge in [0.05, 0.1) is 18.8 Å². The Kier molecular flexibility index (Phi) is 4.03. The summed E-state index contributed by atoms with van der Waals surface area (Å²) in [7, 11) is 0. The van der Waals surface area contributed by atoms with E-state index in [1.165, 1.54) is 12.0 Å². The van der Waals surface area contributed by atoms with Crippen molar-refractivity contribution in [2.24, 2.45) is 5.73 Å². The van der Waals surface area contributed by atoms with Crippen molar-refractivity contribution < 1.29 is 9.26 Å². The summed E-state index contributed by atoms with van der Waals surface area (Å²) in [5, 5.41) is 3.99. The highest BCUT2D eigenvalue weighted by atomic mass is 16.5. The van der Waals surface area contributed by atoms with Gasteiger partial charge in [-0.2, -0.15) is 4.98 Å². The van der Waals surface area contributed by atoms with Crippen LogP contribution < -0.4 is 5.73 Å². The van der Waals surface area contributed by atoms with E-state index in [0.29, 0.717) is 24.4 Å². The summed E-state index contributed by atoms with van der Waals surface area (Å²) in [5.41, 5.74) is 9.37. The summed E-state index contributed by atoms with van der Waals surface area (Å²) in [6, 6.07) is 5.69. The molecule has 0 amide bonds. The third kappa shape index (κ3) is 2.99. The first-order valence-electron chi connectivity index (χ1n) is 7.42. The zero-order chi connectivity index (χ0) is 14.8. The number of hydrogen-bond donors (Lipinski definition) is 1. The highest BCUT2D eigenvalue weighted by Gasteiger charge is 2.22. The van der Waals surface area contributed by atoms with E-state index in [-0.39, 0.29) is 6.04 Å². The van der Waals surface area contributed by atoms with Crippen molar-refractivity contribution in [3.05, 3.63) is 35.2 Å². The molecule has 112 valence electrons. The van der Waals surface area contributed by atoms with Crippen LogP contribution in [0.3, 0.4) is 0 Å². The molecule has 1 aromatic carbocycles. The second-order valence-corrected chi connectivity index (χ2v) is 5.70. The van der Waals surface area contributed by atoms with E-state index in [2.05, 4.69) is 23.1 Å². The molecule has 1 aliphatic rings. The Morgan fingerprint density at radius 2 is 2.19 bits per heavy atom. The molecular formula is C16H21N3O2. The SMILES string of the molecule is Cc1cccc(-c2nc(C(N)COC3CCC3)no2)c1C. The zero-order valence-corrected chi connectivity index (χ0v) is 12.5. The van der Waals surface area contributed by atoms with Crippen LogP contribution in [-0.2, 0) is 4.74 Å². The minimum atomic E-state index is -0.340. The van der Waals surface area contributed by atoms with Crippen molar-refractivity contribution in [3.63, 3.8) is 0 Å². The Hall–Kier alpha value is -1.72. The van der Waals surface area contributed by atoms with Gasteiger partial charge in [-0.05, 0) is 50.3 Å². The van der Waals surface area contributed by atoms with E-state index >= 15 is 0 Å². The second kappa shape index (κ2) is 5.95. The quantitative estimate of drug-likeness (QED) is 0.915. The van der Waals surface area contributed by atoms with Gasteiger partial charge in [0.1, 0.15) is 0 Å². The zero-order valence-electron chi connectivity index (χ0n) is 12.5. The maximum absolute atomic E-state index is 6.07. The van der Waals surface area contributed by atoms with Gasteiger partial charge in [0.2, 0.25) is 0 Å². The van der Waals surface area contributed by atoms with Gasteiger partial charge < -0.3 is 15.0 Å². The monoisotopic (exact) mass is 287 g/mol. The van der Waals surface area contributed by atoms with Crippen LogP contribution >= 0.6 is 0 Å². The molecule has 0 aliphatic heterocycles. The molecule has 21 heavy (non-hydrogen) atoms. The molecular weight excluding hydrogens is 266 g/mol. The van der Waals surface area contributed by atoms with Crippen LogP contribution in [0.4, 0.5) is 0 Å². The third-order valence-electron chi connectivity index (χ3n) is 4.17. The van der Waals surface area contributed by atoms with Crippen LogP contribution in [0, 0.1) is 13.8 Å². The number of aryl methyl sites for hydroxylation is 1. The lowest BCUT2D eigenvalue weighted by atomic mass is 9.96. The molecule has 1 saturated carbocycles. The predicted molar refractivity (Wildman–Crippen MR) is 79.7 cm³/mol. The van der Waals surface area contributed by atoms with Crippen LogP contribution in [0.25, 0.3) is 11.5 Å². The summed E-state index contributed by atoms with van der Waals surface area (Å²) in [6.45, 7) is 4.55. The first-order chi connectivity index (χ1) is 10.1. The van der Waals surface area contributed by atoms with E-state index in [1.54, 1.807) is 0 Å². The van der Waals surface area contributed by atoms with Gasteiger partial charge in [-0.25, -0.2) is 0 Å². The van der Waals surface area contributed by atoms with Crippen molar-refractivity contribution in [2.75, 3.05) is 6.61 Å². The van der Waals surface area contributed by atoms with Gasteiger partial charge >= 0.3 is 0 Å². The topological polar surface area (TPSA) is 74.2 Å². The summed E-state index contributed by atoms with van der Waals surface area (Å²) in [4.78, 5) is 4.42. The molecule has 1 aliphatic carbocycles. The number of rotatable bonds is 5. The molecule has 0 radical (unpaired) electrons. The molecule has 5 nitrogen and oxygen atoms in total. The van der Waals surface area contributed by atoms with E-state index < -0.39 is 0 Å². The van der Waals surface area contributed by atoms with Crippen LogP contribution in [-0.4, -0.2) is 22.9 Å². The largest absolute Gasteiger partial charge is 0.376 e. The highest BCUT2D eigenvalue weighted by Crippen LogP contribution is 2.26. The minimum absolute atomic E-state index is 0.340. The summed E-state index contributed by atoms with van der Waals surface area (Å²) < 4.78 is 11.1.